The van der Waals surface area contributed by atoms with Crippen LogP contribution in [0.1, 0.15) is 4.88 Å². The number of fused-ring (bicyclic) bond motifs is 1. The van der Waals surface area contributed by atoms with E-state index in [9.17, 15) is 9.90 Å². The standard InChI is InChI=1S/C12H9N3O2S/c1-15-11(17)9(18-12(15)13)8-6-4-2-3-5-7(6)14-10(8)16/h2-5,13,17H,1H3. The molecular weight excluding hydrogens is 250 g/mol. The predicted octanol–water partition coefficient (Wildman–Crippen LogP) is -0.370. The molecule has 1 aromatic heterocycles. The molecule has 0 spiro atoms. The van der Waals surface area contributed by atoms with Crippen molar-refractivity contribution < 1.29 is 9.90 Å². The monoisotopic (exact) mass is 259 g/mol. The molecule has 1 amide bonds. The molecule has 0 atom stereocenters. The average Bonchev–Trinajstić information content (AvgIpc) is 2.80. The zero-order valence-corrected chi connectivity index (χ0v) is 10.3. The average molecular weight is 259 g/mol. The summed E-state index contributed by atoms with van der Waals surface area (Å²) in [6.45, 7) is 0. The summed E-state index contributed by atoms with van der Waals surface area (Å²) < 4.78 is 1.33. The highest BCUT2D eigenvalue weighted by Crippen LogP contribution is 2.26. The smallest absolute Gasteiger partial charge is 0.279 e. The molecule has 0 bridgehead atoms. The van der Waals surface area contributed by atoms with E-state index in [0.29, 0.717) is 21.0 Å². The minimum Gasteiger partial charge on any atom is -0.493 e. The maximum Gasteiger partial charge on any atom is 0.279 e. The number of nitrogens with zero attached hydrogens (tertiary/aromatic N) is 2. The van der Waals surface area contributed by atoms with Crippen LogP contribution in [-0.4, -0.2) is 15.6 Å². The summed E-state index contributed by atoms with van der Waals surface area (Å²) in [7, 11) is 1.58. The van der Waals surface area contributed by atoms with Crippen LogP contribution in [0.3, 0.4) is 0 Å². The molecule has 0 saturated carbocycles. The number of hydrogen-bond acceptors (Lipinski definition) is 4. The SMILES string of the molecule is Cn1c(O)c(C2=c3ccccc3=NC2=O)sc1=N. The Bertz CT molecular complexity index is 845. The van der Waals surface area contributed by atoms with Gasteiger partial charge in [-0.15, -0.1) is 0 Å². The minimum atomic E-state index is -0.367. The summed E-state index contributed by atoms with van der Waals surface area (Å²) in [5.74, 6) is -0.436. The van der Waals surface area contributed by atoms with Crippen LogP contribution in [0.4, 0.5) is 0 Å². The first kappa shape index (κ1) is 10.9. The quantitative estimate of drug-likeness (QED) is 0.733. The lowest BCUT2D eigenvalue weighted by atomic mass is 10.1. The number of carbonyl (C=O) groups is 1. The first-order chi connectivity index (χ1) is 8.59. The van der Waals surface area contributed by atoms with E-state index in [1.165, 1.54) is 4.57 Å². The van der Waals surface area contributed by atoms with Crippen LogP contribution < -0.4 is 15.4 Å². The van der Waals surface area contributed by atoms with Crippen LogP contribution in [-0.2, 0) is 11.8 Å². The van der Waals surface area contributed by atoms with Crippen molar-refractivity contribution in [2.24, 2.45) is 12.0 Å². The Labute approximate surface area is 105 Å². The molecule has 6 heteroatoms. The predicted molar refractivity (Wildman–Crippen MR) is 65.5 cm³/mol. The third-order valence-electron chi connectivity index (χ3n) is 2.86. The molecule has 3 rings (SSSR count). The van der Waals surface area contributed by atoms with Gasteiger partial charge >= 0.3 is 0 Å². The van der Waals surface area contributed by atoms with Gasteiger partial charge in [-0.3, -0.25) is 14.8 Å². The Kier molecular flexibility index (Phi) is 2.21. The zero-order valence-electron chi connectivity index (χ0n) is 9.47. The molecule has 2 N–H and O–H groups in total. The largest absolute Gasteiger partial charge is 0.493 e. The molecule has 1 aliphatic rings. The van der Waals surface area contributed by atoms with Crippen LogP contribution in [0.5, 0.6) is 5.88 Å². The highest BCUT2D eigenvalue weighted by Gasteiger charge is 2.24. The Morgan fingerprint density at radius 2 is 2.11 bits per heavy atom. The van der Waals surface area contributed by atoms with E-state index in [4.69, 9.17) is 5.41 Å². The number of rotatable bonds is 1. The third kappa shape index (κ3) is 1.36. The van der Waals surface area contributed by atoms with Crippen molar-refractivity contribution in [1.82, 2.24) is 4.57 Å². The number of aromatic nitrogens is 1. The van der Waals surface area contributed by atoms with E-state index < -0.39 is 0 Å². The van der Waals surface area contributed by atoms with Gasteiger partial charge < -0.3 is 5.11 Å². The fraction of sp³-hybridized carbons (Fsp3) is 0.0833. The lowest BCUT2D eigenvalue weighted by molar-refractivity contribution is -0.112. The van der Waals surface area contributed by atoms with Crippen molar-refractivity contribution >= 4 is 22.8 Å². The van der Waals surface area contributed by atoms with E-state index in [0.717, 1.165) is 11.3 Å². The molecule has 0 unspecified atom stereocenters. The molecule has 2 heterocycles. The van der Waals surface area contributed by atoms with Gasteiger partial charge in [0.2, 0.25) is 5.88 Å². The lowest BCUT2D eigenvalue weighted by Gasteiger charge is -1.98. The molecule has 1 aliphatic heterocycles. The number of benzene rings is 1. The second-order valence-corrected chi connectivity index (χ2v) is 4.93. The van der Waals surface area contributed by atoms with Crippen LogP contribution in [0.25, 0.3) is 5.57 Å². The summed E-state index contributed by atoms with van der Waals surface area (Å²) >= 11 is 1.07. The fourth-order valence-corrected chi connectivity index (χ4v) is 2.85. The highest BCUT2D eigenvalue weighted by atomic mass is 32.1. The molecule has 0 aliphatic carbocycles. The molecule has 2 aromatic rings. The van der Waals surface area contributed by atoms with E-state index in [1.54, 1.807) is 19.2 Å². The number of aromatic hydroxyl groups is 1. The van der Waals surface area contributed by atoms with Crippen LogP contribution in [0.15, 0.2) is 29.3 Å². The first-order valence-corrected chi connectivity index (χ1v) is 6.07. The summed E-state index contributed by atoms with van der Waals surface area (Å²) in [5.41, 5.74) is 0.377. The second-order valence-electron chi connectivity index (χ2n) is 3.93. The Balaban J connectivity index is 2.44. The number of carbonyl (C=O) groups excluding carboxylic acids is 1. The van der Waals surface area contributed by atoms with E-state index in [2.05, 4.69) is 4.99 Å². The van der Waals surface area contributed by atoms with Gasteiger partial charge in [0.1, 0.15) is 4.88 Å². The highest BCUT2D eigenvalue weighted by molar-refractivity contribution is 7.11. The number of para-hydroxylation sites is 1. The van der Waals surface area contributed by atoms with Crippen molar-refractivity contribution in [2.45, 2.75) is 0 Å². The van der Waals surface area contributed by atoms with Crippen LogP contribution >= 0.6 is 11.3 Å². The summed E-state index contributed by atoms with van der Waals surface area (Å²) in [4.78, 5) is 16.5. The molecule has 1 aromatic carbocycles. The normalized spacial score (nSPS) is 13.6. The third-order valence-corrected chi connectivity index (χ3v) is 3.92. The molecule has 0 saturated heterocycles. The van der Waals surface area contributed by atoms with Gasteiger partial charge in [-0.25, -0.2) is 4.99 Å². The van der Waals surface area contributed by atoms with Gasteiger partial charge in [0.15, 0.2) is 4.80 Å². The van der Waals surface area contributed by atoms with Crippen molar-refractivity contribution in [1.29, 1.82) is 5.41 Å². The first-order valence-electron chi connectivity index (χ1n) is 5.25. The number of thiazole rings is 1. The van der Waals surface area contributed by atoms with Crippen molar-refractivity contribution in [2.75, 3.05) is 0 Å². The molecular formula is C12H9N3O2S. The fourth-order valence-electron chi connectivity index (χ4n) is 1.90. The Morgan fingerprint density at radius 3 is 2.78 bits per heavy atom. The minimum absolute atomic E-state index is 0.0692. The van der Waals surface area contributed by atoms with E-state index in [1.807, 2.05) is 12.1 Å². The Morgan fingerprint density at radius 1 is 1.39 bits per heavy atom. The van der Waals surface area contributed by atoms with Gasteiger partial charge in [0.25, 0.3) is 5.91 Å². The second kappa shape index (κ2) is 3.64. The number of amides is 1. The number of nitrogens with one attached hydrogen (secondary N) is 1. The van der Waals surface area contributed by atoms with Crippen molar-refractivity contribution in [3.63, 3.8) is 0 Å². The number of hydrogen-bond donors (Lipinski definition) is 2. The van der Waals surface area contributed by atoms with Gasteiger partial charge in [-0.2, -0.15) is 0 Å². The zero-order chi connectivity index (χ0) is 12.9. The molecule has 18 heavy (non-hydrogen) atoms. The maximum atomic E-state index is 11.9. The van der Waals surface area contributed by atoms with Gasteiger partial charge in [0, 0.05) is 12.3 Å². The van der Waals surface area contributed by atoms with Gasteiger partial charge in [-0.05, 0) is 6.07 Å². The van der Waals surface area contributed by atoms with Crippen LogP contribution in [0.2, 0.25) is 0 Å². The van der Waals surface area contributed by atoms with E-state index in [-0.39, 0.29) is 16.6 Å². The summed E-state index contributed by atoms with van der Waals surface area (Å²) in [6, 6.07) is 7.18. The summed E-state index contributed by atoms with van der Waals surface area (Å²) in [6.07, 6.45) is 0. The molecule has 90 valence electrons. The van der Waals surface area contributed by atoms with Gasteiger partial charge in [-0.1, -0.05) is 29.5 Å². The molecule has 0 radical (unpaired) electrons. The van der Waals surface area contributed by atoms with Crippen molar-refractivity contribution in [3.8, 4) is 5.88 Å². The Hall–Kier alpha value is -2.21. The van der Waals surface area contributed by atoms with E-state index >= 15 is 0 Å². The van der Waals surface area contributed by atoms with Crippen molar-refractivity contribution in [3.05, 3.63) is 44.5 Å². The molecule has 0 fully saturated rings. The van der Waals surface area contributed by atoms with Gasteiger partial charge in [0.05, 0.1) is 10.9 Å². The lowest BCUT2D eigenvalue weighted by Crippen LogP contribution is -2.22. The summed E-state index contributed by atoms with van der Waals surface area (Å²) in [5, 5.41) is 18.9. The maximum absolute atomic E-state index is 11.9. The van der Waals surface area contributed by atoms with Crippen LogP contribution in [0, 0.1) is 5.41 Å². The molecule has 5 nitrogen and oxygen atoms in total. The topological polar surface area (TPSA) is 78.4 Å².